The Kier molecular flexibility index (Phi) is 4.37. The highest BCUT2D eigenvalue weighted by atomic mass is 19.4. The molecule has 0 saturated heterocycles. The lowest BCUT2D eigenvalue weighted by atomic mass is 10.1. The molecule has 0 spiro atoms. The van der Waals surface area contributed by atoms with Gasteiger partial charge in [0.05, 0.1) is 11.1 Å². The summed E-state index contributed by atoms with van der Waals surface area (Å²) in [6, 6.07) is 1.49. The van der Waals surface area contributed by atoms with Crippen LogP contribution in [0.2, 0.25) is 0 Å². The van der Waals surface area contributed by atoms with Gasteiger partial charge in [0.25, 0.3) is 0 Å². The lowest BCUT2D eigenvalue weighted by molar-refractivity contribution is -0.141. The van der Waals surface area contributed by atoms with Crippen LogP contribution in [0.5, 0.6) is 0 Å². The zero-order valence-electron chi connectivity index (χ0n) is 10.4. The predicted octanol–water partition coefficient (Wildman–Crippen LogP) is 4.57. The molecule has 0 radical (unpaired) electrons. The van der Waals surface area contributed by atoms with Crippen molar-refractivity contribution in [1.82, 2.24) is 0 Å². The Morgan fingerprint density at radius 2 is 1.42 bits per heavy atom. The maximum absolute atomic E-state index is 12.8. The first-order valence-corrected chi connectivity index (χ1v) is 5.64. The third-order valence-electron chi connectivity index (χ3n) is 2.73. The average Bonchev–Trinajstić information content (AvgIpc) is 2.28. The van der Waals surface area contributed by atoms with E-state index in [1.165, 1.54) is 4.90 Å². The molecule has 0 unspecified atom stereocenters. The van der Waals surface area contributed by atoms with Crippen molar-refractivity contribution in [1.29, 1.82) is 0 Å². The molecule has 7 heteroatoms. The van der Waals surface area contributed by atoms with E-state index in [2.05, 4.69) is 0 Å². The van der Waals surface area contributed by atoms with Crippen molar-refractivity contribution in [3.63, 3.8) is 0 Å². The summed E-state index contributed by atoms with van der Waals surface area (Å²) < 4.78 is 76.1. The minimum atomic E-state index is -4.68. The van der Waals surface area contributed by atoms with E-state index in [0.717, 1.165) is 0 Å². The van der Waals surface area contributed by atoms with E-state index in [1.807, 2.05) is 0 Å². The first kappa shape index (κ1) is 15.7. The predicted molar refractivity (Wildman–Crippen MR) is 60.0 cm³/mol. The molecule has 0 atom stereocenters. The Morgan fingerprint density at radius 3 is 1.79 bits per heavy atom. The molecule has 0 amide bonds. The summed E-state index contributed by atoms with van der Waals surface area (Å²) in [4.78, 5) is 1.25. The van der Waals surface area contributed by atoms with Gasteiger partial charge in [-0.15, -0.1) is 0 Å². The molecule has 0 heterocycles. The summed E-state index contributed by atoms with van der Waals surface area (Å²) in [5.41, 5.74) is -2.57. The number of nitrogens with zero attached hydrogens (tertiary/aromatic N) is 1. The number of benzene rings is 1. The number of rotatable bonds is 3. The van der Waals surface area contributed by atoms with Crippen molar-refractivity contribution in [2.24, 2.45) is 0 Å². The molecule has 0 saturated carbocycles. The maximum Gasteiger partial charge on any atom is 0.418 e. The molecular weight excluding hydrogens is 272 g/mol. The van der Waals surface area contributed by atoms with Gasteiger partial charge in [-0.3, -0.25) is 0 Å². The van der Waals surface area contributed by atoms with Crippen molar-refractivity contribution in [2.45, 2.75) is 26.2 Å². The Bertz CT molecular complexity index is 431. The van der Waals surface area contributed by atoms with Gasteiger partial charge in [0.2, 0.25) is 0 Å². The lowest BCUT2D eigenvalue weighted by Gasteiger charge is -2.26. The minimum absolute atomic E-state index is 0.195. The molecule has 0 bridgehead atoms. The SMILES string of the molecule is CCN(CC)c1cc(C(F)(F)F)ccc1C(F)(F)F. The van der Waals surface area contributed by atoms with Gasteiger partial charge in [-0.05, 0) is 32.0 Å². The van der Waals surface area contributed by atoms with Crippen LogP contribution < -0.4 is 4.90 Å². The largest absolute Gasteiger partial charge is 0.418 e. The van der Waals surface area contributed by atoms with Crippen LogP contribution in [0, 0.1) is 0 Å². The number of alkyl halides is 6. The molecule has 0 aromatic heterocycles. The molecule has 1 aromatic rings. The van der Waals surface area contributed by atoms with E-state index in [9.17, 15) is 26.3 Å². The normalized spacial score (nSPS) is 12.6. The highest BCUT2D eigenvalue weighted by molar-refractivity contribution is 5.57. The van der Waals surface area contributed by atoms with E-state index < -0.39 is 29.2 Å². The third-order valence-corrected chi connectivity index (χ3v) is 2.73. The smallest absolute Gasteiger partial charge is 0.372 e. The second-order valence-corrected chi connectivity index (χ2v) is 3.90. The van der Waals surface area contributed by atoms with Crippen LogP contribution in [0.4, 0.5) is 32.0 Å². The van der Waals surface area contributed by atoms with Crippen LogP contribution in [0.1, 0.15) is 25.0 Å². The Hall–Kier alpha value is -1.40. The lowest BCUT2D eigenvalue weighted by Crippen LogP contribution is -2.26. The summed E-state index contributed by atoms with van der Waals surface area (Å²) >= 11 is 0. The molecule has 1 aromatic carbocycles. The fraction of sp³-hybridized carbons (Fsp3) is 0.500. The molecule has 19 heavy (non-hydrogen) atoms. The van der Waals surface area contributed by atoms with Crippen LogP contribution in [0.25, 0.3) is 0 Å². The molecule has 0 fully saturated rings. The van der Waals surface area contributed by atoms with Gasteiger partial charge in [0, 0.05) is 18.8 Å². The van der Waals surface area contributed by atoms with Crippen molar-refractivity contribution in [2.75, 3.05) is 18.0 Å². The quantitative estimate of drug-likeness (QED) is 0.735. The van der Waals surface area contributed by atoms with Gasteiger partial charge in [0.15, 0.2) is 0 Å². The van der Waals surface area contributed by atoms with Crippen molar-refractivity contribution < 1.29 is 26.3 Å². The van der Waals surface area contributed by atoms with Gasteiger partial charge >= 0.3 is 12.4 Å². The number of hydrogen-bond donors (Lipinski definition) is 0. The first-order chi connectivity index (χ1) is 8.61. The van der Waals surface area contributed by atoms with Crippen molar-refractivity contribution in [3.05, 3.63) is 29.3 Å². The minimum Gasteiger partial charge on any atom is -0.372 e. The van der Waals surface area contributed by atoms with Gasteiger partial charge in [-0.25, -0.2) is 0 Å². The summed E-state index contributed by atoms with van der Waals surface area (Å²) in [5.74, 6) is 0. The molecule has 1 rings (SSSR count). The molecule has 108 valence electrons. The van der Waals surface area contributed by atoms with Crippen molar-refractivity contribution >= 4 is 5.69 Å². The van der Waals surface area contributed by atoms with Crippen LogP contribution >= 0.6 is 0 Å². The molecule has 0 aliphatic rings. The molecule has 0 aliphatic carbocycles. The van der Waals surface area contributed by atoms with Crippen LogP contribution in [-0.2, 0) is 12.4 Å². The van der Waals surface area contributed by atoms with E-state index in [1.54, 1.807) is 13.8 Å². The fourth-order valence-corrected chi connectivity index (χ4v) is 1.77. The van der Waals surface area contributed by atoms with E-state index in [-0.39, 0.29) is 13.1 Å². The topological polar surface area (TPSA) is 3.24 Å². The van der Waals surface area contributed by atoms with E-state index >= 15 is 0 Å². The van der Waals surface area contributed by atoms with Gasteiger partial charge in [-0.1, -0.05) is 0 Å². The van der Waals surface area contributed by atoms with Crippen molar-refractivity contribution in [3.8, 4) is 0 Å². The maximum atomic E-state index is 12.8. The first-order valence-electron chi connectivity index (χ1n) is 5.64. The molecule has 1 nitrogen and oxygen atoms in total. The van der Waals surface area contributed by atoms with Gasteiger partial charge in [0.1, 0.15) is 0 Å². The summed E-state index contributed by atoms with van der Waals surface area (Å²) in [6.45, 7) is 3.57. The summed E-state index contributed by atoms with van der Waals surface area (Å²) in [6.07, 6.45) is -9.34. The molecular formula is C12H13F6N. The van der Waals surface area contributed by atoms with E-state index in [0.29, 0.717) is 18.2 Å². The monoisotopic (exact) mass is 285 g/mol. The zero-order chi connectivity index (χ0) is 14.8. The van der Waals surface area contributed by atoms with Crippen LogP contribution in [0.15, 0.2) is 18.2 Å². The standard InChI is InChI=1S/C12H13F6N/c1-3-19(4-2)10-7-8(11(13,14)15)5-6-9(10)12(16,17)18/h5-7H,3-4H2,1-2H3. The summed E-state index contributed by atoms with van der Waals surface area (Å²) in [7, 11) is 0. The van der Waals surface area contributed by atoms with Gasteiger partial charge < -0.3 is 4.90 Å². The second-order valence-electron chi connectivity index (χ2n) is 3.90. The average molecular weight is 285 g/mol. The van der Waals surface area contributed by atoms with E-state index in [4.69, 9.17) is 0 Å². The Balaban J connectivity index is 3.43. The number of halogens is 6. The third kappa shape index (κ3) is 3.54. The van der Waals surface area contributed by atoms with Crippen LogP contribution in [0.3, 0.4) is 0 Å². The second kappa shape index (κ2) is 5.30. The Labute approximate surface area is 106 Å². The highest BCUT2D eigenvalue weighted by Crippen LogP contribution is 2.40. The Morgan fingerprint density at radius 1 is 0.895 bits per heavy atom. The van der Waals surface area contributed by atoms with Gasteiger partial charge in [-0.2, -0.15) is 26.3 Å². The zero-order valence-corrected chi connectivity index (χ0v) is 10.4. The summed E-state index contributed by atoms with van der Waals surface area (Å²) in [5, 5.41) is 0. The highest BCUT2D eigenvalue weighted by Gasteiger charge is 2.37. The number of hydrogen-bond acceptors (Lipinski definition) is 1. The fourth-order valence-electron chi connectivity index (χ4n) is 1.77. The number of anilines is 1. The van der Waals surface area contributed by atoms with Crippen LogP contribution in [-0.4, -0.2) is 13.1 Å². The molecule has 0 aliphatic heterocycles. The molecule has 0 N–H and O–H groups in total.